The van der Waals surface area contributed by atoms with Crippen molar-refractivity contribution in [1.82, 2.24) is 14.5 Å². The maximum atomic E-state index is 14.0. The monoisotopic (exact) mass is 579 g/mol. The second kappa shape index (κ2) is 12.2. The van der Waals surface area contributed by atoms with Gasteiger partial charge in [0.25, 0.3) is 5.56 Å². The van der Waals surface area contributed by atoms with E-state index in [0.29, 0.717) is 41.8 Å². The predicted octanol–water partition coefficient (Wildman–Crippen LogP) is 6.91. The fourth-order valence-electron chi connectivity index (χ4n) is 4.98. The predicted molar refractivity (Wildman–Crippen MR) is 160 cm³/mol. The van der Waals surface area contributed by atoms with Crippen LogP contribution in [-0.4, -0.2) is 26.9 Å². The molecule has 0 saturated carbocycles. The van der Waals surface area contributed by atoms with Crippen molar-refractivity contribution in [2.45, 2.75) is 32.2 Å². The fourth-order valence-corrected chi connectivity index (χ4v) is 5.24. The molecule has 5 rings (SSSR count). The van der Waals surface area contributed by atoms with Crippen molar-refractivity contribution in [3.05, 3.63) is 141 Å². The average molecular weight is 581 g/mol. The Morgan fingerprint density at radius 3 is 2.13 bits per heavy atom. The van der Waals surface area contributed by atoms with E-state index in [9.17, 15) is 9.59 Å². The maximum absolute atomic E-state index is 14.0. The SMILES string of the molecule is CCC(c1nc2ccccc2c(=O)n1-c1ccc(Br)cc1)N(CCc1ccccc1)C(=O)Cc1ccccc1. The van der Waals surface area contributed by atoms with E-state index in [2.05, 4.69) is 28.1 Å². The zero-order valence-corrected chi connectivity index (χ0v) is 23.4. The average Bonchev–Trinajstić information content (AvgIpc) is 2.97. The molecule has 1 heterocycles. The molecule has 1 unspecified atom stereocenters. The highest BCUT2D eigenvalue weighted by molar-refractivity contribution is 9.10. The van der Waals surface area contributed by atoms with E-state index < -0.39 is 6.04 Å². The molecule has 1 aromatic heterocycles. The highest BCUT2D eigenvalue weighted by atomic mass is 79.9. The lowest BCUT2D eigenvalue weighted by molar-refractivity contribution is -0.133. The molecule has 39 heavy (non-hydrogen) atoms. The van der Waals surface area contributed by atoms with E-state index in [1.165, 1.54) is 0 Å². The van der Waals surface area contributed by atoms with Gasteiger partial charge in [-0.05, 0) is 60.4 Å². The molecule has 0 aliphatic heterocycles. The summed E-state index contributed by atoms with van der Waals surface area (Å²) in [5.41, 5.74) is 3.31. The molecule has 196 valence electrons. The first-order valence-electron chi connectivity index (χ1n) is 13.2. The molecule has 0 aliphatic rings. The van der Waals surface area contributed by atoms with E-state index in [0.717, 1.165) is 15.6 Å². The van der Waals surface area contributed by atoms with E-state index >= 15 is 0 Å². The van der Waals surface area contributed by atoms with Gasteiger partial charge in [-0.3, -0.25) is 14.2 Å². The number of fused-ring (bicyclic) bond motifs is 1. The third-order valence-corrected chi connectivity index (χ3v) is 7.48. The molecular formula is C33H30BrN3O2. The number of amides is 1. The minimum atomic E-state index is -0.397. The van der Waals surface area contributed by atoms with Gasteiger partial charge < -0.3 is 4.90 Å². The Hall–Kier alpha value is -4.03. The van der Waals surface area contributed by atoms with Crippen LogP contribution >= 0.6 is 15.9 Å². The third kappa shape index (κ3) is 6.02. The van der Waals surface area contributed by atoms with Gasteiger partial charge >= 0.3 is 0 Å². The Morgan fingerprint density at radius 1 is 0.846 bits per heavy atom. The maximum Gasteiger partial charge on any atom is 0.266 e. The standard InChI is InChI=1S/C33H30BrN3O2/c1-2-30(36(22-21-24-11-5-3-6-12-24)31(38)23-25-13-7-4-8-14-25)32-35-29-16-10-9-15-28(29)33(39)37(32)27-19-17-26(34)18-20-27/h3-20,30H,2,21-23H2,1H3. The lowest BCUT2D eigenvalue weighted by Crippen LogP contribution is -2.40. The molecule has 0 radical (unpaired) electrons. The molecule has 1 amide bonds. The third-order valence-electron chi connectivity index (χ3n) is 6.95. The van der Waals surface area contributed by atoms with Gasteiger partial charge in [0.15, 0.2) is 0 Å². The van der Waals surface area contributed by atoms with E-state index in [-0.39, 0.29) is 17.9 Å². The molecule has 0 saturated heterocycles. The first kappa shape index (κ1) is 26.6. The Kier molecular flexibility index (Phi) is 8.33. The second-order valence-electron chi connectivity index (χ2n) is 9.51. The summed E-state index contributed by atoms with van der Waals surface area (Å²) in [6.45, 7) is 2.56. The second-order valence-corrected chi connectivity index (χ2v) is 10.4. The number of carbonyl (C=O) groups is 1. The van der Waals surface area contributed by atoms with Crippen LogP contribution in [0.4, 0.5) is 0 Å². The van der Waals surface area contributed by atoms with Crippen LogP contribution in [0, 0.1) is 0 Å². The zero-order chi connectivity index (χ0) is 27.2. The van der Waals surface area contributed by atoms with Crippen molar-refractivity contribution in [2.24, 2.45) is 0 Å². The smallest absolute Gasteiger partial charge is 0.266 e. The number of hydrogen-bond donors (Lipinski definition) is 0. The number of aromatic nitrogens is 2. The topological polar surface area (TPSA) is 55.2 Å². The van der Waals surface area contributed by atoms with E-state index in [4.69, 9.17) is 4.98 Å². The molecule has 1 atom stereocenters. The van der Waals surface area contributed by atoms with Gasteiger partial charge in [-0.25, -0.2) is 4.98 Å². The first-order valence-corrected chi connectivity index (χ1v) is 14.0. The molecule has 0 aliphatic carbocycles. The Labute approximate surface area is 236 Å². The lowest BCUT2D eigenvalue weighted by atomic mass is 10.1. The number of benzene rings is 4. The summed E-state index contributed by atoms with van der Waals surface area (Å²) in [6, 6.07) is 34.6. The summed E-state index contributed by atoms with van der Waals surface area (Å²) >= 11 is 3.50. The van der Waals surface area contributed by atoms with Gasteiger partial charge in [0, 0.05) is 11.0 Å². The van der Waals surface area contributed by atoms with Gasteiger partial charge in [-0.2, -0.15) is 0 Å². The van der Waals surface area contributed by atoms with Crippen LogP contribution in [0.2, 0.25) is 0 Å². The Balaban J connectivity index is 1.63. The summed E-state index contributed by atoms with van der Waals surface area (Å²) in [4.78, 5) is 34.8. The van der Waals surface area contributed by atoms with Crippen molar-refractivity contribution in [3.63, 3.8) is 0 Å². The Bertz CT molecular complexity index is 1620. The van der Waals surface area contributed by atoms with Crippen molar-refractivity contribution >= 4 is 32.7 Å². The number of para-hydroxylation sites is 1. The minimum absolute atomic E-state index is 0.00810. The molecule has 5 nitrogen and oxygen atoms in total. The van der Waals surface area contributed by atoms with Gasteiger partial charge in [-0.1, -0.05) is 95.7 Å². The van der Waals surface area contributed by atoms with Crippen LogP contribution in [-0.2, 0) is 17.6 Å². The summed E-state index contributed by atoms with van der Waals surface area (Å²) in [6.07, 6.45) is 1.59. The van der Waals surface area contributed by atoms with Crippen LogP contribution in [0.1, 0.15) is 36.3 Å². The van der Waals surface area contributed by atoms with Crippen molar-refractivity contribution in [1.29, 1.82) is 0 Å². The first-order chi connectivity index (χ1) is 19.0. The largest absolute Gasteiger partial charge is 0.332 e. The van der Waals surface area contributed by atoms with Crippen molar-refractivity contribution < 1.29 is 4.79 Å². The summed E-state index contributed by atoms with van der Waals surface area (Å²) in [7, 11) is 0. The van der Waals surface area contributed by atoms with Crippen LogP contribution in [0.25, 0.3) is 16.6 Å². The van der Waals surface area contributed by atoms with Crippen molar-refractivity contribution in [3.8, 4) is 5.69 Å². The van der Waals surface area contributed by atoms with E-state index in [1.54, 1.807) is 10.6 Å². The molecule has 0 N–H and O–H groups in total. The van der Waals surface area contributed by atoms with Crippen LogP contribution in [0.3, 0.4) is 0 Å². The minimum Gasteiger partial charge on any atom is -0.332 e. The molecule has 0 spiro atoms. The van der Waals surface area contributed by atoms with Gasteiger partial charge in [0.1, 0.15) is 5.82 Å². The van der Waals surface area contributed by atoms with Gasteiger partial charge in [0.05, 0.1) is 29.1 Å². The van der Waals surface area contributed by atoms with Gasteiger partial charge in [0.2, 0.25) is 5.91 Å². The summed E-state index contributed by atoms with van der Waals surface area (Å²) in [5, 5.41) is 0.547. The number of hydrogen-bond acceptors (Lipinski definition) is 3. The highest BCUT2D eigenvalue weighted by Crippen LogP contribution is 2.27. The summed E-state index contributed by atoms with van der Waals surface area (Å²) in [5.74, 6) is 0.576. The fraction of sp³-hybridized carbons (Fsp3) is 0.182. The zero-order valence-electron chi connectivity index (χ0n) is 21.8. The lowest BCUT2D eigenvalue weighted by Gasteiger charge is -2.32. The molecule has 4 aromatic carbocycles. The van der Waals surface area contributed by atoms with Gasteiger partial charge in [-0.15, -0.1) is 0 Å². The number of nitrogens with zero attached hydrogens (tertiary/aromatic N) is 3. The molecule has 6 heteroatoms. The van der Waals surface area contributed by atoms with Crippen LogP contribution in [0.15, 0.2) is 118 Å². The Morgan fingerprint density at radius 2 is 1.46 bits per heavy atom. The van der Waals surface area contributed by atoms with Crippen molar-refractivity contribution in [2.75, 3.05) is 6.54 Å². The molecule has 5 aromatic rings. The molecule has 0 bridgehead atoms. The number of carbonyl (C=O) groups excluding carboxylic acids is 1. The number of rotatable bonds is 9. The molecule has 0 fully saturated rings. The molecular weight excluding hydrogens is 550 g/mol. The van der Waals surface area contributed by atoms with Crippen LogP contribution < -0.4 is 5.56 Å². The van der Waals surface area contributed by atoms with Crippen LogP contribution in [0.5, 0.6) is 0 Å². The number of halogens is 1. The van der Waals surface area contributed by atoms with E-state index in [1.807, 2.05) is 103 Å². The highest BCUT2D eigenvalue weighted by Gasteiger charge is 2.29. The summed E-state index contributed by atoms with van der Waals surface area (Å²) < 4.78 is 2.60. The quantitative estimate of drug-likeness (QED) is 0.190. The normalized spacial score (nSPS) is 11.8.